The van der Waals surface area contributed by atoms with Crippen molar-refractivity contribution in [1.29, 1.82) is 0 Å². The van der Waals surface area contributed by atoms with Crippen LogP contribution < -0.4 is 15.4 Å². The van der Waals surface area contributed by atoms with Gasteiger partial charge in [0.25, 0.3) is 5.91 Å². The minimum Gasteiger partial charge on any atom is -0.497 e. The van der Waals surface area contributed by atoms with Crippen LogP contribution in [0.4, 0.5) is 0 Å². The first-order valence-corrected chi connectivity index (χ1v) is 10.4. The number of nitrogens with one attached hydrogen (secondary N) is 2. The van der Waals surface area contributed by atoms with Crippen molar-refractivity contribution in [3.63, 3.8) is 0 Å². The molecule has 0 aromatic heterocycles. The fraction of sp³-hybridized carbons (Fsp3) is 0.591. The molecule has 0 spiro atoms. The summed E-state index contributed by atoms with van der Waals surface area (Å²) in [5.74, 6) is 0.666. The van der Waals surface area contributed by atoms with E-state index in [1.165, 1.54) is 0 Å². The molecule has 1 aromatic carbocycles. The number of piperidine rings is 1. The van der Waals surface area contributed by atoms with Crippen LogP contribution in [0.1, 0.15) is 49.9 Å². The largest absolute Gasteiger partial charge is 0.497 e. The number of ether oxygens (including phenoxy) is 1. The summed E-state index contributed by atoms with van der Waals surface area (Å²) in [7, 11) is 1.57. The molecule has 2 aliphatic rings. The molecule has 7 heteroatoms. The van der Waals surface area contributed by atoms with Gasteiger partial charge in [0.1, 0.15) is 11.8 Å². The fourth-order valence-corrected chi connectivity index (χ4v) is 3.78. The van der Waals surface area contributed by atoms with Gasteiger partial charge in [-0.1, -0.05) is 0 Å². The van der Waals surface area contributed by atoms with Gasteiger partial charge in [0, 0.05) is 30.6 Å². The van der Waals surface area contributed by atoms with Crippen LogP contribution in [-0.2, 0) is 9.59 Å². The van der Waals surface area contributed by atoms with Gasteiger partial charge >= 0.3 is 0 Å². The smallest absolute Gasteiger partial charge is 0.251 e. The normalized spacial score (nSPS) is 18.3. The van der Waals surface area contributed by atoms with Gasteiger partial charge in [0.05, 0.1) is 7.11 Å². The third-order valence-corrected chi connectivity index (χ3v) is 5.60. The van der Waals surface area contributed by atoms with E-state index in [1.54, 1.807) is 31.4 Å². The molecule has 0 bridgehead atoms. The minimum absolute atomic E-state index is 0.000739. The molecule has 1 saturated heterocycles. The standard InChI is InChI=1S/C22H31N3O4/c1-14(2)23-21(27)19(24-20(26)16-6-8-18(29-3)9-7-16)15-10-12-25(13-11-15)22(28)17-4-5-17/h6-9,14-15,17,19H,4-5,10-13H2,1-3H3,(H,23,27)(H,24,26)/t19-/m0/s1. The van der Waals surface area contributed by atoms with Gasteiger partial charge in [0.15, 0.2) is 0 Å². The Hall–Kier alpha value is -2.57. The van der Waals surface area contributed by atoms with Gasteiger partial charge in [-0.05, 0) is 69.7 Å². The average molecular weight is 402 g/mol. The summed E-state index contributed by atoms with van der Waals surface area (Å²) in [5.41, 5.74) is 0.481. The molecule has 1 aromatic rings. The Morgan fingerprint density at radius 3 is 2.14 bits per heavy atom. The van der Waals surface area contributed by atoms with Crippen molar-refractivity contribution >= 4 is 17.7 Å². The van der Waals surface area contributed by atoms with Gasteiger partial charge < -0.3 is 20.3 Å². The van der Waals surface area contributed by atoms with E-state index in [9.17, 15) is 14.4 Å². The van der Waals surface area contributed by atoms with Crippen molar-refractivity contribution in [2.45, 2.75) is 51.6 Å². The van der Waals surface area contributed by atoms with Gasteiger partial charge in [-0.15, -0.1) is 0 Å². The Kier molecular flexibility index (Phi) is 6.77. The second kappa shape index (κ2) is 9.29. The molecular weight excluding hydrogens is 370 g/mol. The van der Waals surface area contributed by atoms with E-state index < -0.39 is 6.04 Å². The first-order chi connectivity index (χ1) is 13.9. The number of carbonyl (C=O) groups is 3. The van der Waals surface area contributed by atoms with Crippen molar-refractivity contribution in [2.24, 2.45) is 11.8 Å². The first kappa shape index (κ1) is 21.1. The van der Waals surface area contributed by atoms with Crippen molar-refractivity contribution in [1.82, 2.24) is 15.5 Å². The van der Waals surface area contributed by atoms with Crippen LogP contribution in [0, 0.1) is 11.8 Å². The third kappa shape index (κ3) is 5.49. The molecule has 1 aliphatic heterocycles. The second-order valence-corrected chi connectivity index (χ2v) is 8.28. The molecule has 1 aliphatic carbocycles. The summed E-state index contributed by atoms with van der Waals surface area (Å²) in [6.45, 7) is 5.09. The zero-order valence-electron chi connectivity index (χ0n) is 17.4. The maximum atomic E-state index is 12.8. The Bertz CT molecular complexity index is 735. The van der Waals surface area contributed by atoms with E-state index in [2.05, 4.69) is 10.6 Å². The Labute approximate surface area is 172 Å². The molecule has 1 saturated carbocycles. The highest BCUT2D eigenvalue weighted by Gasteiger charge is 2.38. The number of rotatable bonds is 7. The quantitative estimate of drug-likeness (QED) is 0.731. The SMILES string of the molecule is COc1ccc(C(=O)N[C@H](C(=O)NC(C)C)C2CCN(C(=O)C3CC3)CC2)cc1. The average Bonchev–Trinajstić information content (AvgIpc) is 3.56. The molecule has 1 atom stereocenters. The Morgan fingerprint density at radius 1 is 1.00 bits per heavy atom. The highest BCUT2D eigenvalue weighted by atomic mass is 16.5. The first-order valence-electron chi connectivity index (χ1n) is 10.4. The van der Waals surface area contributed by atoms with Gasteiger partial charge in [-0.3, -0.25) is 14.4 Å². The van der Waals surface area contributed by atoms with Gasteiger partial charge in [-0.2, -0.15) is 0 Å². The number of hydrogen-bond acceptors (Lipinski definition) is 4. The van der Waals surface area contributed by atoms with E-state index in [4.69, 9.17) is 4.74 Å². The zero-order valence-corrected chi connectivity index (χ0v) is 17.4. The van der Waals surface area contributed by atoms with Crippen molar-refractivity contribution in [3.05, 3.63) is 29.8 Å². The Morgan fingerprint density at radius 2 is 1.62 bits per heavy atom. The van der Waals surface area contributed by atoms with Gasteiger partial charge in [-0.25, -0.2) is 0 Å². The summed E-state index contributed by atoms with van der Waals surface area (Å²) in [6.07, 6.45) is 3.40. The molecule has 29 heavy (non-hydrogen) atoms. The van der Waals surface area contributed by atoms with Crippen LogP contribution in [0.3, 0.4) is 0 Å². The van der Waals surface area contributed by atoms with Crippen LogP contribution >= 0.6 is 0 Å². The number of likely N-dealkylation sites (tertiary alicyclic amines) is 1. The third-order valence-electron chi connectivity index (χ3n) is 5.60. The minimum atomic E-state index is -0.620. The molecule has 1 heterocycles. The van der Waals surface area contributed by atoms with E-state index in [0.29, 0.717) is 37.2 Å². The lowest BCUT2D eigenvalue weighted by Crippen LogP contribution is -2.54. The lowest BCUT2D eigenvalue weighted by atomic mass is 9.88. The monoisotopic (exact) mass is 401 g/mol. The van der Waals surface area contributed by atoms with Crippen LogP contribution in [0.2, 0.25) is 0 Å². The lowest BCUT2D eigenvalue weighted by molar-refractivity contribution is -0.134. The van der Waals surface area contributed by atoms with E-state index >= 15 is 0 Å². The summed E-state index contributed by atoms with van der Waals surface area (Å²) in [6, 6.07) is 6.18. The molecule has 3 amide bonds. The summed E-state index contributed by atoms with van der Waals surface area (Å²) in [5, 5.41) is 5.85. The number of hydrogen-bond donors (Lipinski definition) is 2. The second-order valence-electron chi connectivity index (χ2n) is 8.28. The molecular formula is C22H31N3O4. The molecule has 3 rings (SSSR count). The molecule has 2 fully saturated rings. The van der Waals surface area contributed by atoms with Crippen LogP contribution in [-0.4, -0.2) is 54.9 Å². The van der Waals surface area contributed by atoms with Gasteiger partial charge in [0.2, 0.25) is 11.8 Å². The van der Waals surface area contributed by atoms with Crippen molar-refractivity contribution < 1.29 is 19.1 Å². The lowest BCUT2D eigenvalue weighted by Gasteiger charge is -2.36. The fourth-order valence-electron chi connectivity index (χ4n) is 3.78. The highest BCUT2D eigenvalue weighted by Crippen LogP contribution is 2.33. The number of carbonyl (C=O) groups excluding carboxylic acids is 3. The summed E-state index contributed by atoms with van der Waals surface area (Å²) >= 11 is 0. The van der Waals surface area contributed by atoms with Crippen LogP contribution in [0.25, 0.3) is 0 Å². The number of benzene rings is 1. The molecule has 2 N–H and O–H groups in total. The predicted molar refractivity (Wildman–Crippen MR) is 110 cm³/mol. The predicted octanol–water partition coefficient (Wildman–Crippen LogP) is 1.97. The van der Waals surface area contributed by atoms with E-state index in [-0.39, 0.29) is 35.6 Å². The summed E-state index contributed by atoms with van der Waals surface area (Å²) in [4.78, 5) is 39.8. The topological polar surface area (TPSA) is 87.7 Å². The number of nitrogens with zero attached hydrogens (tertiary/aromatic N) is 1. The van der Waals surface area contributed by atoms with Crippen LogP contribution in [0.5, 0.6) is 5.75 Å². The van der Waals surface area contributed by atoms with Crippen molar-refractivity contribution in [3.8, 4) is 5.75 Å². The highest BCUT2D eigenvalue weighted by molar-refractivity contribution is 5.97. The maximum Gasteiger partial charge on any atom is 0.251 e. The number of methoxy groups -OCH3 is 1. The molecule has 7 nitrogen and oxygen atoms in total. The van der Waals surface area contributed by atoms with Crippen molar-refractivity contribution in [2.75, 3.05) is 20.2 Å². The molecule has 0 unspecified atom stereocenters. The Balaban J connectivity index is 1.66. The maximum absolute atomic E-state index is 12.8. The molecule has 0 radical (unpaired) electrons. The zero-order chi connectivity index (χ0) is 21.0. The van der Waals surface area contributed by atoms with Crippen LogP contribution in [0.15, 0.2) is 24.3 Å². The van der Waals surface area contributed by atoms with E-state index in [1.807, 2.05) is 18.7 Å². The molecule has 158 valence electrons. The van der Waals surface area contributed by atoms with E-state index in [0.717, 1.165) is 12.8 Å². The number of amides is 3. The summed E-state index contributed by atoms with van der Waals surface area (Å²) < 4.78 is 5.13.